The van der Waals surface area contributed by atoms with Crippen molar-refractivity contribution in [2.75, 3.05) is 13.2 Å². The van der Waals surface area contributed by atoms with Crippen molar-refractivity contribution in [3.05, 3.63) is 53.6 Å². The van der Waals surface area contributed by atoms with E-state index in [1.54, 1.807) is 0 Å². The lowest BCUT2D eigenvalue weighted by molar-refractivity contribution is 0.0450. The third kappa shape index (κ3) is 35.0. The second-order valence-electron chi connectivity index (χ2n) is 17.9. The fraction of sp³-hybridized carbons (Fsp3) is 0.778. The molecule has 0 spiro atoms. The van der Waals surface area contributed by atoms with E-state index in [0.717, 1.165) is 63.5 Å². The molecule has 0 aliphatic carbocycles. The zero-order valence-electron chi connectivity index (χ0n) is 40.1. The summed E-state index contributed by atoms with van der Waals surface area (Å²) in [6, 6.07) is 3.31. The summed E-state index contributed by atoms with van der Waals surface area (Å²) in [6.45, 7) is 4.93. The van der Waals surface area contributed by atoms with E-state index in [0.29, 0.717) is 12.8 Å². The van der Waals surface area contributed by atoms with Crippen LogP contribution in [0.1, 0.15) is 279 Å². The molecule has 1 aromatic rings. The number of carbonyl (C=O) groups excluding carboxylic acids is 2. The van der Waals surface area contributed by atoms with Crippen LogP contribution in [0.25, 0.3) is 0 Å². The summed E-state index contributed by atoms with van der Waals surface area (Å²) >= 11 is 0. The molecule has 0 heterocycles. The van der Waals surface area contributed by atoms with Crippen LogP contribution in [-0.4, -0.2) is 38.1 Å². The van der Waals surface area contributed by atoms with Crippen molar-refractivity contribution in [3.8, 4) is 0 Å². The summed E-state index contributed by atoms with van der Waals surface area (Å²) in [5.41, 5.74) is -0.273. The Morgan fingerprint density at radius 3 is 1.00 bits per heavy atom. The minimum Gasteiger partial charge on any atom is -0.462 e. The predicted octanol–water partition coefficient (Wildman–Crippen LogP) is 17.2. The number of ether oxygens (including phenoxy) is 2. The van der Waals surface area contributed by atoms with Gasteiger partial charge >= 0.3 is 11.9 Å². The van der Waals surface area contributed by atoms with Gasteiger partial charge in [0, 0.05) is 0 Å². The van der Waals surface area contributed by atoms with E-state index in [9.17, 15) is 22.6 Å². The van der Waals surface area contributed by atoms with Gasteiger partial charge in [0.25, 0.3) is 10.1 Å². The van der Waals surface area contributed by atoms with Gasteiger partial charge in [-0.25, -0.2) is 9.59 Å². The molecule has 358 valence electrons. The highest BCUT2D eigenvalue weighted by Crippen LogP contribution is 2.20. The first-order valence-corrected chi connectivity index (χ1v) is 27.5. The Morgan fingerprint density at radius 2 is 0.694 bits per heavy atom. The smallest absolute Gasteiger partial charge is 0.339 e. The van der Waals surface area contributed by atoms with Crippen molar-refractivity contribution in [1.82, 2.24) is 0 Å². The molecule has 1 rings (SSSR count). The van der Waals surface area contributed by atoms with Gasteiger partial charge in [-0.3, -0.25) is 4.55 Å². The highest BCUT2D eigenvalue weighted by molar-refractivity contribution is 7.85. The topological polar surface area (TPSA) is 107 Å². The van der Waals surface area contributed by atoms with Gasteiger partial charge in [0.05, 0.1) is 29.2 Å². The average Bonchev–Trinajstić information content (AvgIpc) is 3.26. The van der Waals surface area contributed by atoms with Gasteiger partial charge in [0.2, 0.25) is 0 Å². The van der Waals surface area contributed by atoms with Crippen molar-refractivity contribution in [2.45, 2.75) is 263 Å². The highest BCUT2D eigenvalue weighted by Gasteiger charge is 2.23. The Morgan fingerprint density at radius 1 is 0.419 bits per heavy atom. The Kier molecular flexibility index (Phi) is 39.5. The van der Waals surface area contributed by atoms with Crippen LogP contribution >= 0.6 is 0 Å². The fourth-order valence-electron chi connectivity index (χ4n) is 7.98. The molecule has 0 aliphatic heterocycles. The highest BCUT2D eigenvalue weighted by atomic mass is 32.2. The van der Waals surface area contributed by atoms with Crippen molar-refractivity contribution in [3.63, 3.8) is 0 Å². The Hall–Kier alpha value is -2.45. The van der Waals surface area contributed by atoms with E-state index < -0.39 is 27.0 Å². The van der Waals surface area contributed by atoms with E-state index in [4.69, 9.17) is 9.47 Å². The van der Waals surface area contributed by atoms with Gasteiger partial charge < -0.3 is 9.47 Å². The molecular formula is C54H94O7S. The molecule has 0 atom stereocenters. The second kappa shape index (κ2) is 42.5. The molecule has 62 heavy (non-hydrogen) atoms. The first kappa shape index (κ1) is 57.6. The average molecular weight is 887 g/mol. The standard InChI is InChI=1S/C54H94O7S/c1-3-5-7-9-11-13-15-17-19-21-23-25-27-29-31-33-35-37-39-41-43-47-60-53(55)51-46-45-50(62(57,58)59)49-52(51)54(56)61-48-44-42-40-38-36-34-32-30-28-26-24-22-20-18-16-14-12-10-8-6-4-2/h25-28,45-46,49H,3-24,29-44,47-48H2,1-2H3,(H,57,58,59)/b27-25+,28-26+. The zero-order chi connectivity index (χ0) is 45.0. The summed E-state index contributed by atoms with van der Waals surface area (Å²) in [6.07, 6.45) is 56.7. The number of hydrogen-bond donors (Lipinski definition) is 1. The summed E-state index contributed by atoms with van der Waals surface area (Å²) in [5.74, 6) is -1.50. The minimum atomic E-state index is -4.57. The third-order valence-electron chi connectivity index (χ3n) is 12.0. The second-order valence-corrected chi connectivity index (χ2v) is 19.3. The number of rotatable bonds is 45. The molecule has 0 saturated heterocycles. The van der Waals surface area contributed by atoms with Crippen LogP contribution < -0.4 is 0 Å². The van der Waals surface area contributed by atoms with E-state index in [1.165, 1.54) is 186 Å². The quantitative estimate of drug-likeness (QED) is 0.0301. The van der Waals surface area contributed by atoms with Gasteiger partial charge in [0.15, 0.2) is 0 Å². The molecule has 0 bridgehead atoms. The predicted molar refractivity (Wildman–Crippen MR) is 262 cm³/mol. The molecule has 0 aliphatic rings. The van der Waals surface area contributed by atoms with Gasteiger partial charge in [-0.05, 0) is 82.4 Å². The monoisotopic (exact) mass is 887 g/mol. The molecule has 0 aromatic heterocycles. The van der Waals surface area contributed by atoms with Crippen LogP contribution in [0, 0.1) is 0 Å². The molecule has 7 nitrogen and oxygen atoms in total. The first-order valence-electron chi connectivity index (χ1n) is 26.1. The van der Waals surface area contributed by atoms with Crippen molar-refractivity contribution >= 4 is 22.1 Å². The number of carbonyl (C=O) groups is 2. The molecule has 0 amide bonds. The van der Waals surface area contributed by atoms with Gasteiger partial charge in [-0.15, -0.1) is 0 Å². The van der Waals surface area contributed by atoms with Crippen molar-refractivity contribution in [2.24, 2.45) is 0 Å². The lowest BCUT2D eigenvalue weighted by Gasteiger charge is -2.11. The molecular weight excluding hydrogens is 793 g/mol. The van der Waals surface area contributed by atoms with Crippen LogP contribution in [0.4, 0.5) is 0 Å². The number of unbranched alkanes of at least 4 members (excludes halogenated alkanes) is 34. The maximum Gasteiger partial charge on any atom is 0.339 e. The maximum absolute atomic E-state index is 13.0. The fourth-order valence-corrected chi connectivity index (χ4v) is 8.49. The van der Waals surface area contributed by atoms with Gasteiger partial charge in [-0.2, -0.15) is 8.42 Å². The Balaban J connectivity index is 2.14. The minimum absolute atomic E-state index is 0.0615. The molecule has 8 heteroatoms. The lowest BCUT2D eigenvalue weighted by atomic mass is 10.1. The largest absolute Gasteiger partial charge is 0.462 e. The van der Waals surface area contributed by atoms with Gasteiger partial charge in [0.1, 0.15) is 0 Å². The molecule has 0 fully saturated rings. The van der Waals surface area contributed by atoms with E-state index in [1.807, 2.05) is 0 Å². The van der Waals surface area contributed by atoms with Crippen LogP contribution in [0.5, 0.6) is 0 Å². The van der Waals surface area contributed by atoms with Gasteiger partial charge in [-0.1, -0.05) is 218 Å². The molecule has 1 aromatic carbocycles. The van der Waals surface area contributed by atoms with Crippen LogP contribution in [0.2, 0.25) is 0 Å². The third-order valence-corrected chi connectivity index (χ3v) is 12.9. The number of esters is 2. The van der Waals surface area contributed by atoms with Crippen LogP contribution in [0.3, 0.4) is 0 Å². The normalized spacial score (nSPS) is 11.9. The number of benzene rings is 1. The molecule has 0 radical (unpaired) electrons. The van der Waals surface area contributed by atoms with E-state index >= 15 is 0 Å². The van der Waals surface area contributed by atoms with Crippen LogP contribution in [-0.2, 0) is 19.6 Å². The van der Waals surface area contributed by atoms with Crippen LogP contribution in [0.15, 0.2) is 47.4 Å². The van der Waals surface area contributed by atoms with E-state index in [-0.39, 0.29) is 24.3 Å². The SMILES string of the molecule is CCCCCCCCCCCC/C=C/CCCCCCCCCOC(=O)c1ccc(S(=O)(=O)O)cc1C(=O)OCCCCCCCCC/C=C/CCCCCCCCCCCC. The lowest BCUT2D eigenvalue weighted by Crippen LogP contribution is -2.16. The maximum atomic E-state index is 13.0. The summed E-state index contributed by atoms with van der Waals surface area (Å²) in [7, 11) is -4.57. The Bertz CT molecular complexity index is 1370. The van der Waals surface area contributed by atoms with Crippen molar-refractivity contribution in [1.29, 1.82) is 0 Å². The molecule has 1 N–H and O–H groups in total. The summed E-state index contributed by atoms with van der Waals surface area (Å²) < 4.78 is 44.1. The first-order chi connectivity index (χ1) is 30.3. The molecule has 0 saturated carbocycles. The molecule has 0 unspecified atom stereocenters. The summed E-state index contributed by atoms with van der Waals surface area (Å²) in [5, 5.41) is 0. The Labute approximate surface area is 382 Å². The van der Waals surface area contributed by atoms with E-state index in [2.05, 4.69) is 38.2 Å². The number of allylic oxidation sites excluding steroid dienone is 4. The zero-order valence-corrected chi connectivity index (χ0v) is 40.9. The number of hydrogen-bond acceptors (Lipinski definition) is 6. The summed E-state index contributed by atoms with van der Waals surface area (Å²) in [4.78, 5) is 25.5. The van der Waals surface area contributed by atoms with Crippen molar-refractivity contribution < 1.29 is 32.0 Å².